The van der Waals surface area contributed by atoms with Crippen LogP contribution in [0.4, 0.5) is 4.39 Å². The molecule has 0 saturated heterocycles. The summed E-state index contributed by atoms with van der Waals surface area (Å²) in [7, 11) is 0. The van der Waals surface area contributed by atoms with Gasteiger partial charge in [0.2, 0.25) is 0 Å². The van der Waals surface area contributed by atoms with Crippen LogP contribution in [0.1, 0.15) is 51.6 Å². The van der Waals surface area contributed by atoms with Crippen LogP contribution in [0.2, 0.25) is 5.02 Å². The number of rotatable bonds is 7. The Balaban J connectivity index is 2.86. The van der Waals surface area contributed by atoms with Gasteiger partial charge in [0.05, 0.1) is 0 Å². The van der Waals surface area contributed by atoms with E-state index in [1.165, 1.54) is 12.1 Å². The smallest absolute Gasteiger partial charge is 0.124 e. The molecule has 0 amide bonds. The van der Waals surface area contributed by atoms with E-state index in [4.69, 9.17) is 11.6 Å². The fourth-order valence-electron chi connectivity index (χ4n) is 1.99. The summed E-state index contributed by atoms with van der Waals surface area (Å²) in [6.45, 7) is 7.51. The molecule has 2 unspecified atom stereocenters. The maximum absolute atomic E-state index is 13.1. The molecule has 0 saturated carbocycles. The maximum Gasteiger partial charge on any atom is 0.124 e. The first-order chi connectivity index (χ1) is 8.58. The minimum atomic E-state index is -0.276. The molecular formula is C15H23ClFN. The van der Waals surface area contributed by atoms with E-state index in [0.717, 1.165) is 31.4 Å². The van der Waals surface area contributed by atoms with Crippen LogP contribution in [-0.4, -0.2) is 6.54 Å². The second kappa shape index (κ2) is 7.75. The lowest BCUT2D eigenvalue weighted by molar-refractivity contribution is 0.402. The summed E-state index contributed by atoms with van der Waals surface area (Å²) in [6, 6.07) is 4.90. The highest BCUT2D eigenvalue weighted by atomic mass is 35.5. The van der Waals surface area contributed by atoms with Crippen molar-refractivity contribution in [2.24, 2.45) is 5.92 Å². The molecular weight excluding hydrogens is 249 g/mol. The van der Waals surface area contributed by atoms with Crippen LogP contribution in [0.15, 0.2) is 18.2 Å². The minimum Gasteiger partial charge on any atom is -0.310 e. The molecule has 0 aliphatic heterocycles. The molecule has 2 atom stereocenters. The molecule has 0 radical (unpaired) electrons. The SMILES string of the molecule is CCCNC(CC(C)CC)c1ccc(F)cc1Cl. The molecule has 18 heavy (non-hydrogen) atoms. The summed E-state index contributed by atoms with van der Waals surface area (Å²) < 4.78 is 13.1. The predicted octanol–water partition coefficient (Wildman–Crippen LogP) is 4.96. The average molecular weight is 272 g/mol. The van der Waals surface area contributed by atoms with Crippen LogP contribution >= 0.6 is 11.6 Å². The second-order valence-electron chi connectivity index (χ2n) is 4.92. The topological polar surface area (TPSA) is 12.0 Å². The Bertz CT molecular complexity index is 368. The second-order valence-corrected chi connectivity index (χ2v) is 5.33. The van der Waals surface area contributed by atoms with Gasteiger partial charge in [-0.3, -0.25) is 0 Å². The van der Waals surface area contributed by atoms with E-state index in [-0.39, 0.29) is 11.9 Å². The van der Waals surface area contributed by atoms with E-state index in [2.05, 4.69) is 26.1 Å². The Kier molecular flexibility index (Phi) is 6.66. The average Bonchev–Trinajstić information content (AvgIpc) is 2.34. The molecule has 102 valence electrons. The van der Waals surface area contributed by atoms with Crippen molar-refractivity contribution in [2.45, 2.75) is 46.1 Å². The van der Waals surface area contributed by atoms with Crippen molar-refractivity contribution in [3.8, 4) is 0 Å². The van der Waals surface area contributed by atoms with E-state index in [1.807, 2.05) is 0 Å². The highest BCUT2D eigenvalue weighted by Crippen LogP contribution is 2.29. The normalized spacial score (nSPS) is 14.5. The van der Waals surface area contributed by atoms with E-state index >= 15 is 0 Å². The van der Waals surface area contributed by atoms with Gasteiger partial charge in [0.25, 0.3) is 0 Å². The summed E-state index contributed by atoms with van der Waals surface area (Å²) in [5.74, 6) is 0.349. The van der Waals surface area contributed by atoms with Gasteiger partial charge in [-0.15, -0.1) is 0 Å². The zero-order valence-corrected chi connectivity index (χ0v) is 12.2. The monoisotopic (exact) mass is 271 g/mol. The molecule has 0 spiro atoms. The van der Waals surface area contributed by atoms with E-state index in [1.54, 1.807) is 6.07 Å². The van der Waals surface area contributed by atoms with Crippen LogP contribution in [0.3, 0.4) is 0 Å². The Labute approximate surface area is 115 Å². The molecule has 0 aromatic heterocycles. The van der Waals surface area contributed by atoms with Gasteiger partial charge in [0.1, 0.15) is 5.82 Å². The highest BCUT2D eigenvalue weighted by molar-refractivity contribution is 6.31. The molecule has 1 nitrogen and oxygen atoms in total. The third-order valence-electron chi connectivity index (χ3n) is 3.31. The summed E-state index contributed by atoms with van der Waals surface area (Å²) in [6.07, 6.45) is 3.25. The van der Waals surface area contributed by atoms with Crippen LogP contribution in [0.5, 0.6) is 0 Å². The number of benzene rings is 1. The molecule has 1 aromatic carbocycles. The largest absolute Gasteiger partial charge is 0.310 e. The summed E-state index contributed by atoms with van der Waals surface area (Å²) in [5.41, 5.74) is 1.01. The molecule has 1 aromatic rings. The van der Waals surface area contributed by atoms with Crippen LogP contribution < -0.4 is 5.32 Å². The van der Waals surface area contributed by atoms with Crippen molar-refractivity contribution in [2.75, 3.05) is 6.54 Å². The van der Waals surface area contributed by atoms with Crippen LogP contribution in [0, 0.1) is 11.7 Å². The lowest BCUT2D eigenvalue weighted by atomic mass is 9.94. The summed E-state index contributed by atoms with van der Waals surface area (Å²) >= 11 is 6.15. The predicted molar refractivity (Wildman–Crippen MR) is 76.5 cm³/mol. The lowest BCUT2D eigenvalue weighted by Gasteiger charge is -2.23. The summed E-state index contributed by atoms with van der Waals surface area (Å²) in [4.78, 5) is 0. The molecule has 0 heterocycles. The molecule has 0 bridgehead atoms. The first kappa shape index (κ1) is 15.5. The highest BCUT2D eigenvalue weighted by Gasteiger charge is 2.16. The van der Waals surface area contributed by atoms with Gasteiger partial charge in [0.15, 0.2) is 0 Å². The first-order valence-electron chi connectivity index (χ1n) is 6.76. The quantitative estimate of drug-likeness (QED) is 0.739. The number of hydrogen-bond donors (Lipinski definition) is 1. The maximum atomic E-state index is 13.1. The van der Waals surface area contributed by atoms with Crippen molar-refractivity contribution < 1.29 is 4.39 Å². The van der Waals surface area contributed by atoms with E-state index < -0.39 is 0 Å². The number of nitrogens with one attached hydrogen (secondary N) is 1. The number of hydrogen-bond acceptors (Lipinski definition) is 1. The van der Waals surface area contributed by atoms with Crippen molar-refractivity contribution in [1.29, 1.82) is 0 Å². The first-order valence-corrected chi connectivity index (χ1v) is 7.14. The fraction of sp³-hybridized carbons (Fsp3) is 0.600. The van der Waals surface area contributed by atoms with Crippen molar-refractivity contribution >= 4 is 11.6 Å². The van der Waals surface area contributed by atoms with Gasteiger partial charge in [0, 0.05) is 11.1 Å². The van der Waals surface area contributed by atoms with Crippen LogP contribution in [0.25, 0.3) is 0 Å². The zero-order valence-electron chi connectivity index (χ0n) is 11.5. The minimum absolute atomic E-state index is 0.216. The van der Waals surface area contributed by atoms with Gasteiger partial charge in [-0.2, -0.15) is 0 Å². The third kappa shape index (κ3) is 4.58. The molecule has 0 aliphatic carbocycles. The third-order valence-corrected chi connectivity index (χ3v) is 3.64. The Morgan fingerprint density at radius 2 is 2.06 bits per heavy atom. The molecule has 1 N–H and O–H groups in total. The number of halogens is 2. The summed E-state index contributed by atoms with van der Waals surface area (Å²) in [5, 5.41) is 4.02. The van der Waals surface area contributed by atoms with Gasteiger partial charge < -0.3 is 5.32 Å². The van der Waals surface area contributed by atoms with Gasteiger partial charge in [-0.25, -0.2) is 4.39 Å². The molecule has 0 aliphatic rings. The standard InChI is InChI=1S/C15H23ClFN/c1-4-8-18-15(9-11(3)5-2)13-7-6-12(17)10-14(13)16/h6-7,10-11,15,18H,4-5,8-9H2,1-3H3. The molecule has 0 fully saturated rings. The molecule has 1 rings (SSSR count). The van der Waals surface area contributed by atoms with E-state index in [0.29, 0.717) is 10.9 Å². The molecule has 3 heteroatoms. The van der Waals surface area contributed by atoms with Gasteiger partial charge in [-0.05, 0) is 43.0 Å². The Hall–Kier alpha value is -0.600. The van der Waals surface area contributed by atoms with Crippen molar-refractivity contribution in [1.82, 2.24) is 5.32 Å². The Morgan fingerprint density at radius 1 is 1.33 bits per heavy atom. The zero-order chi connectivity index (χ0) is 13.5. The van der Waals surface area contributed by atoms with Crippen molar-refractivity contribution in [3.05, 3.63) is 34.6 Å². The fourth-order valence-corrected chi connectivity index (χ4v) is 2.29. The van der Waals surface area contributed by atoms with E-state index in [9.17, 15) is 4.39 Å². The lowest BCUT2D eigenvalue weighted by Crippen LogP contribution is -2.24. The van der Waals surface area contributed by atoms with Gasteiger partial charge >= 0.3 is 0 Å². The van der Waals surface area contributed by atoms with Gasteiger partial charge in [-0.1, -0.05) is 44.9 Å². The Morgan fingerprint density at radius 3 is 2.61 bits per heavy atom. The van der Waals surface area contributed by atoms with Crippen LogP contribution in [-0.2, 0) is 0 Å². The van der Waals surface area contributed by atoms with Crippen molar-refractivity contribution in [3.63, 3.8) is 0 Å².